The molecule has 2 N–H and O–H groups in total. The van der Waals surface area contributed by atoms with Gasteiger partial charge in [0.05, 0.1) is 0 Å². The molecule has 2 heterocycles. The van der Waals surface area contributed by atoms with Gasteiger partial charge in [-0.1, -0.05) is 54.6 Å². The molecule has 1 aromatic heterocycles. The molecule has 3 aromatic rings. The number of ether oxygens (including phenoxy) is 1. The van der Waals surface area contributed by atoms with Crippen molar-refractivity contribution in [3.63, 3.8) is 0 Å². The number of pyridine rings is 1. The van der Waals surface area contributed by atoms with Crippen LogP contribution in [-0.4, -0.2) is 29.0 Å². The second-order valence-corrected chi connectivity index (χ2v) is 7.13. The zero-order chi connectivity index (χ0) is 18.5. The lowest BCUT2D eigenvalue weighted by Gasteiger charge is -2.18. The minimum Gasteiger partial charge on any atom is -0.489 e. The molecule has 1 saturated heterocycles. The number of hydrogen-bond acceptors (Lipinski definition) is 4. The summed E-state index contributed by atoms with van der Waals surface area (Å²) in [7, 11) is 0. The molecule has 0 bridgehead atoms. The number of hydrogen-bond donors (Lipinski definition) is 1. The standard InChI is InChI=1S/C23H25N3O/c24-22-16-26(15-21(22)19-8-2-1-3-9-19)14-20-10-4-5-11-23(20)27-17-18-7-6-12-25-13-18/h1-13,21-22H,14-17,24H2/t21-,22+/m0/s1. The van der Waals surface area contributed by atoms with Crippen molar-refractivity contribution in [2.75, 3.05) is 13.1 Å². The van der Waals surface area contributed by atoms with E-state index in [1.807, 2.05) is 30.5 Å². The summed E-state index contributed by atoms with van der Waals surface area (Å²) >= 11 is 0. The third-order valence-corrected chi connectivity index (χ3v) is 5.15. The normalized spacial score (nSPS) is 19.9. The molecule has 2 atom stereocenters. The van der Waals surface area contributed by atoms with E-state index in [1.54, 1.807) is 6.20 Å². The average Bonchev–Trinajstić information content (AvgIpc) is 3.09. The van der Waals surface area contributed by atoms with E-state index in [9.17, 15) is 0 Å². The number of nitrogens with two attached hydrogens (primary N) is 1. The first kappa shape index (κ1) is 17.7. The Bertz CT molecular complexity index is 854. The van der Waals surface area contributed by atoms with Crippen LogP contribution in [0.1, 0.15) is 22.6 Å². The summed E-state index contributed by atoms with van der Waals surface area (Å²) in [5, 5.41) is 0. The topological polar surface area (TPSA) is 51.4 Å². The van der Waals surface area contributed by atoms with Crippen LogP contribution in [0.2, 0.25) is 0 Å². The van der Waals surface area contributed by atoms with E-state index in [4.69, 9.17) is 10.5 Å². The minimum atomic E-state index is 0.163. The number of para-hydroxylation sites is 1. The van der Waals surface area contributed by atoms with Crippen molar-refractivity contribution in [2.45, 2.75) is 25.1 Å². The van der Waals surface area contributed by atoms with E-state index in [-0.39, 0.29) is 6.04 Å². The van der Waals surface area contributed by atoms with Gasteiger partial charge in [-0.2, -0.15) is 0 Å². The maximum absolute atomic E-state index is 6.45. The van der Waals surface area contributed by atoms with Crippen LogP contribution in [0.3, 0.4) is 0 Å². The lowest BCUT2D eigenvalue weighted by atomic mass is 9.95. The van der Waals surface area contributed by atoms with Crippen molar-refractivity contribution in [3.8, 4) is 5.75 Å². The molecule has 27 heavy (non-hydrogen) atoms. The van der Waals surface area contributed by atoms with Gasteiger partial charge in [0.1, 0.15) is 12.4 Å². The molecule has 0 aliphatic carbocycles. The smallest absolute Gasteiger partial charge is 0.124 e. The van der Waals surface area contributed by atoms with Crippen molar-refractivity contribution in [1.29, 1.82) is 0 Å². The first-order valence-corrected chi connectivity index (χ1v) is 9.42. The lowest BCUT2D eigenvalue weighted by molar-refractivity contribution is 0.283. The van der Waals surface area contributed by atoms with Crippen LogP contribution >= 0.6 is 0 Å². The highest BCUT2D eigenvalue weighted by molar-refractivity contribution is 5.34. The molecule has 4 heteroatoms. The first-order chi connectivity index (χ1) is 13.3. The number of nitrogens with zero attached hydrogens (tertiary/aromatic N) is 2. The molecule has 2 aromatic carbocycles. The van der Waals surface area contributed by atoms with Crippen molar-refractivity contribution in [3.05, 3.63) is 95.8 Å². The maximum Gasteiger partial charge on any atom is 0.124 e. The second-order valence-electron chi connectivity index (χ2n) is 7.13. The molecular weight excluding hydrogens is 334 g/mol. The fourth-order valence-corrected chi connectivity index (χ4v) is 3.76. The Labute approximate surface area is 160 Å². The van der Waals surface area contributed by atoms with Crippen LogP contribution in [0.5, 0.6) is 5.75 Å². The van der Waals surface area contributed by atoms with Gasteiger partial charge in [-0.3, -0.25) is 9.88 Å². The largest absolute Gasteiger partial charge is 0.489 e. The van der Waals surface area contributed by atoms with Gasteiger partial charge in [-0.05, 0) is 17.7 Å². The van der Waals surface area contributed by atoms with Gasteiger partial charge >= 0.3 is 0 Å². The highest BCUT2D eigenvalue weighted by atomic mass is 16.5. The first-order valence-electron chi connectivity index (χ1n) is 9.42. The zero-order valence-electron chi connectivity index (χ0n) is 15.4. The third-order valence-electron chi connectivity index (χ3n) is 5.15. The summed E-state index contributed by atoms with van der Waals surface area (Å²) in [5.74, 6) is 1.31. The highest BCUT2D eigenvalue weighted by Gasteiger charge is 2.31. The van der Waals surface area contributed by atoms with Crippen molar-refractivity contribution >= 4 is 0 Å². The molecular formula is C23H25N3O. The second kappa shape index (κ2) is 8.33. The molecule has 4 rings (SSSR count). The van der Waals surface area contributed by atoms with Crippen molar-refractivity contribution in [2.24, 2.45) is 5.73 Å². The summed E-state index contributed by atoms with van der Waals surface area (Å²) < 4.78 is 6.07. The lowest BCUT2D eigenvalue weighted by Crippen LogP contribution is -2.28. The fraction of sp³-hybridized carbons (Fsp3) is 0.261. The Morgan fingerprint density at radius 1 is 0.963 bits per heavy atom. The fourth-order valence-electron chi connectivity index (χ4n) is 3.76. The quantitative estimate of drug-likeness (QED) is 0.731. The molecule has 1 fully saturated rings. The van der Waals surface area contributed by atoms with Gasteiger partial charge in [-0.25, -0.2) is 0 Å². The third kappa shape index (κ3) is 4.35. The predicted octanol–water partition coefficient (Wildman–Crippen LogP) is 3.59. The van der Waals surface area contributed by atoms with Gasteiger partial charge in [-0.15, -0.1) is 0 Å². The SMILES string of the molecule is N[C@@H]1CN(Cc2ccccc2OCc2cccnc2)C[C@H]1c1ccccc1. The van der Waals surface area contributed by atoms with E-state index in [0.29, 0.717) is 12.5 Å². The summed E-state index contributed by atoms with van der Waals surface area (Å²) in [6, 6.07) is 23.0. The number of rotatable bonds is 6. The van der Waals surface area contributed by atoms with Crippen LogP contribution in [-0.2, 0) is 13.2 Å². The maximum atomic E-state index is 6.45. The Morgan fingerprint density at radius 3 is 2.59 bits per heavy atom. The molecule has 0 saturated carbocycles. The van der Waals surface area contributed by atoms with Gasteiger partial charge in [0.15, 0.2) is 0 Å². The Kier molecular flexibility index (Phi) is 5.47. The molecule has 4 nitrogen and oxygen atoms in total. The zero-order valence-corrected chi connectivity index (χ0v) is 15.4. The van der Waals surface area contributed by atoms with Gasteiger partial charge in [0.25, 0.3) is 0 Å². The average molecular weight is 359 g/mol. The van der Waals surface area contributed by atoms with E-state index >= 15 is 0 Å². The highest BCUT2D eigenvalue weighted by Crippen LogP contribution is 2.29. The van der Waals surface area contributed by atoms with Crippen LogP contribution < -0.4 is 10.5 Å². The summed E-state index contributed by atoms with van der Waals surface area (Å²) in [6.07, 6.45) is 3.61. The minimum absolute atomic E-state index is 0.163. The van der Waals surface area contributed by atoms with E-state index in [0.717, 1.165) is 30.9 Å². The van der Waals surface area contributed by atoms with E-state index in [1.165, 1.54) is 11.1 Å². The Hall–Kier alpha value is -2.69. The monoisotopic (exact) mass is 359 g/mol. The van der Waals surface area contributed by atoms with Crippen molar-refractivity contribution < 1.29 is 4.74 Å². The summed E-state index contributed by atoms with van der Waals surface area (Å²) in [4.78, 5) is 6.57. The summed E-state index contributed by atoms with van der Waals surface area (Å²) in [5.41, 5.74) is 10.0. The number of aromatic nitrogens is 1. The molecule has 138 valence electrons. The Morgan fingerprint density at radius 2 is 1.78 bits per heavy atom. The van der Waals surface area contributed by atoms with Crippen LogP contribution in [0.15, 0.2) is 79.1 Å². The van der Waals surface area contributed by atoms with E-state index < -0.39 is 0 Å². The predicted molar refractivity (Wildman–Crippen MR) is 107 cm³/mol. The van der Waals surface area contributed by atoms with Gasteiger partial charge < -0.3 is 10.5 Å². The molecule has 1 aliphatic heterocycles. The van der Waals surface area contributed by atoms with E-state index in [2.05, 4.69) is 52.3 Å². The molecule has 0 spiro atoms. The molecule has 1 aliphatic rings. The van der Waals surface area contributed by atoms with Gasteiger partial charge in [0.2, 0.25) is 0 Å². The number of benzene rings is 2. The van der Waals surface area contributed by atoms with Crippen molar-refractivity contribution in [1.82, 2.24) is 9.88 Å². The van der Waals surface area contributed by atoms with Crippen LogP contribution in [0, 0.1) is 0 Å². The van der Waals surface area contributed by atoms with Crippen LogP contribution in [0.4, 0.5) is 0 Å². The van der Waals surface area contributed by atoms with Gasteiger partial charge in [0, 0.05) is 55.1 Å². The summed E-state index contributed by atoms with van der Waals surface area (Å²) in [6.45, 7) is 3.25. The number of likely N-dealkylation sites (tertiary alicyclic amines) is 1. The Balaban J connectivity index is 1.42. The van der Waals surface area contributed by atoms with Crippen LogP contribution in [0.25, 0.3) is 0 Å². The molecule has 0 unspecified atom stereocenters. The molecule has 0 radical (unpaired) electrons. The molecule has 0 amide bonds.